The molecule has 2 fully saturated rings. The fourth-order valence-corrected chi connectivity index (χ4v) is 3.59. The highest BCUT2D eigenvalue weighted by Gasteiger charge is 2.52. The molecule has 0 atom stereocenters. The quantitative estimate of drug-likeness (QED) is 0.776. The average Bonchev–Trinajstić information content (AvgIpc) is 3.39. The third kappa shape index (κ3) is 4.18. The highest BCUT2D eigenvalue weighted by molar-refractivity contribution is 5.86. The van der Waals surface area contributed by atoms with Gasteiger partial charge < -0.3 is 19.3 Å². The maximum Gasteiger partial charge on any atom is 0.260 e. The Balaban J connectivity index is 1.47. The number of hydrogen-bond donors (Lipinski definition) is 0. The summed E-state index contributed by atoms with van der Waals surface area (Å²) in [6, 6.07) is 5.94. The Morgan fingerprint density at radius 1 is 1.00 bits per heavy atom. The van der Waals surface area contributed by atoms with Crippen LogP contribution in [-0.4, -0.2) is 68.1 Å². The van der Waals surface area contributed by atoms with Crippen molar-refractivity contribution in [1.82, 2.24) is 9.80 Å². The van der Waals surface area contributed by atoms with Crippen LogP contribution in [0.2, 0.25) is 0 Å². The van der Waals surface area contributed by atoms with Crippen molar-refractivity contribution in [3.63, 3.8) is 0 Å². The zero-order chi connectivity index (χ0) is 18.7. The molecular weight excluding hydrogens is 332 g/mol. The molecule has 1 aromatic carbocycles. The van der Waals surface area contributed by atoms with E-state index in [1.807, 2.05) is 30.9 Å². The highest BCUT2D eigenvalue weighted by atomic mass is 16.5. The van der Waals surface area contributed by atoms with Gasteiger partial charge in [-0.3, -0.25) is 9.59 Å². The minimum Gasteiger partial charge on any atom is -0.484 e. The van der Waals surface area contributed by atoms with Crippen molar-refractivity contribution in [2.75, 3.05) is 46.5 Å². The number of carbonyl (C=O) groups is 2. The van der Waals surface area contributed by atoms with Gasteiger partial charge in [-0.05, 0) is 49.9 Å². The largest absolute Gasteiger partial charge is 0.484 e. The molecule has 0 N–H and O–H groups in total. The molecule has 1 aliphatic heterocycles. The van der Waals surface area contributed by atoms with Crippen LogP contribution >= 0.6 is 0 Å². The molecular formula is C20H28N2O4. The minimum absolute atomic E-state index is 0.0322. The molecule has 6 nitrogen and oxygen atoms in total. The van der Waals surface area contributed by atoms with Crippen LogP contribution in [0.15, 0.2) is 18.2 Å². The first-order valence-electron chi connectivity index (χ1n) is 9.21. The number of nitrogens with zero attached hydrogens (tertiary/aromatic N) is 2. The zero-order valence-corrected chi connectivity index (χ0v) is 15.9. The lowest BCUT2D eigenvalue weighted by Gasteiger charge is -2.36. The van der Waals surface area contributed by atoms with Gasteiger partial charge in [-0.2, -0.15) is 0 Å². The van der Waals surface area contributed by atoms with E-state index in [0.29, 0.717) is 32.8 Å². The van der Waals surface area contributed by atoms with Gasteiger partial charge >= 0.3 is 0 Å². The van der Waals surface area contributed by atoms with Crippen molar-refractivity contribution in [3.8, 4) is 5.75 Å². The molecule has 0 bridgehead atoms. The number of rotatable bonds is 6. The Kier molecular flexibility index (Phi) is 5.51. The van der Waals surface area contributed by atoms with E-state index in [9.17, 15) is 9.59 Å². The van der Waals surface area contributed by atoms with Crippen molar-refractivity contribution in [2.45, 2.75) is 26.7 Å². The van der Waals surface area contributed by atoms with Crippen LogP contribution < -0.4 is 4.74 Å². The molecule has 0 spiro atoms. The summed E-state index contributed by atoms with van der Waals surface area (Å²) >= 11 is 0. The minimum atomic E-state index is -0.299. The Hall–Kier alpha value is -2.08. The summed E-state index contributed by atoms with van der Waals surface area (Å²) in [4.78, 5) is 28.7. The summed E-state index contributed by atoms with van der Waals surface area (Å²) in [7, 11) is 1.64. The number of aryl methyl sites for hydroxylation is 2. The average molecular weight is 360 g/mol. The maximum absolute atomic E-state index is 12.6. The molecule has 0 aromatic heterocycles. The molecule has 1 aliphatic carbocycles. The van der Waals surface area contributed by atoms with Crippen LogP contribution in [-0.2, 0) is 14.3 Å². The monoisotopic (exact) mass is 360 g/mol. The number of carbonyl (C=O) groups excluding carboxylic acids is 2. The molecule has 1 saturated carbocycles. The van der Waals surface area contributed by atoms with Gasteiger partial charge in [0.1, 0.15) is 5.75 Å². The van der Waals surface area contributed by atoms with Crippen molar-refractivity contribution < 1.29 is 19.1 Å². The van der Waals surface area contributed by atoms with E-state index in [-0.39, 0.29) is 23.8 Å². The molecule has 0 unspecified atom stereocenters. The van der Waals surface area contributed by atoms with Crippen LogP contribution in [0.4, 0.5) is 0 Å². The second kappa shape index (κ2) is 7.66. The molecule has 2 amide bonds. The second-order valence-electron chi connectivity index (χ2n) is 7.50. The maximum atomic E-state index is 12.6. The van der Waals surface area contributed by atoms with E-state index in [2.05, 4.69) is 6.07 Å². The van der Waals surface area contributed by atoms with Gasteiger partial charge in [0, 0.05) is 33.3 Å². The summed E-state index contributed by atoms with van der Waals surface area (Å²) < 4.78 is 10.9. The van der Waals surface area contributed by atoms with Gasteiger partial charge in [0.05, 0.1) is 12.0 Å². The van der Waals surface area contributed by atoms with Crippen LogP contribution in [0, 0.1) is 19.3 Å². The number of piperazine rings is 1. The van der Waals surface area contributed by atoms with Gasteiger partial charge in [0.2, 0.25) is 5.91 Å². The smallest absolute Gasteiger partial charge is 0.260 e. The topological polar surface area (TPSA) is 59.1 Å². The molecule has 0 radical (unpaired) electrons. The number of benzene rings is 1. The Bertz CT molecular complexity index is 656. The third-order valence-corrected chi connectivity index (χ3v) is 5.20. The van der Waals surface area contributed by atoms with Crippen molar-refractivity contribution >= 4 is 11.8 Å². The lowest BCUT2D eigenvalue weighted by atomic mass is 10.1. The van der Waals surface area contributed by atoms with Gasteiger partial charge in [0.25, 0.3) is 5.91 Å². The van der Waals surface area contributed by atoms with Crippen LogP contribution in [0.25, 0.3) is 0 Å². The lowest BCUT2D eigenvalue weighted by Crippen LogP contribution is -2.53. The van der Waals surface area contributed by atoms with Gasteiger partial charge in [0.15, 0.2) is 6.61 Å². The van der Waals surface area contributed by atoms with Crippen LogP contribution in [0.5, 0.6) is 5.75 Å². The molecule has 1 heterocycles. The fourth-order valence-electron chi connectivity index (χ4n) is 3.59. The Labute approximate surface area is 155 Å². The summed E-state index contributed by atoms with van der Waals surface area (Å²) in [5.74, 6) is 0.868. The summed E-state index contributed by atoms with van der Waals surface area (Å²) in [5, 5.41) is 0. The normalized spacial score (nSPS) is 18.6. The van der Waals surface area contributed by atoms with Crippen LogP contribution in [0.1, 0.15) is 24.0 Å². The second-order valence-corrected chi connectivity index (χ2v) is 7.50. The van der Waals surface area contributed by atoms with Gasteiger partial charge in [-0.15, -0.1) is 0 Å². The molecule has 1 aromatic rings. The molecule has 26 heavy (non-hydrogen) atoms. The van der Waals surface area contributed by atoms with Gasteiger partial charge in [-0.25, -0.2) is 0 Å². The van der Waals surface area contributed by atoms with Crippen molar-refractivity contribution in [2.24, 2.45) is 5.41 Å². The van der Waals surface area contributed by atoms with E-state index in [1.54, 1.807) is 12.0 Å². The first-order valence-corrected chi connectivity index (χ1v) is 9.21. The Morgan fingerprint density at radius 3 is 2.12 bits per heavy atom. The molecule has 1 saturated heterocycles. The number of methoxy groups -OCH3 is 1. The number of amides is 2. The van der Waals surface area contributed by atoms with Gasteiger partial charge in [-0.1, -0.05) is 6.07 Å². The standard InChI is InChI=1S/C20H28N2O4/c1-15-10-16(2)12-17(11-15)26-13-18(23)21-6-8-22(9-7-21)19(24)20(4-5-20)14-25-3/h10-12H,4-9,13-14H2,1-3H3. The number of hydrogen-bond acceptors (Lipinski definition) is 4. The summed E-state index contributed by atoms with van der Waals surface area (Å²) in [5.41, 5.74) is 1.93. The van der Waals surface area contributed by atoms with Crippen LogP contribution in [0.3, 0.4) is 0 Å². The molecule has 2 aliphatic rings. The van der Waals surface area contributed by atoms with E-state index >= 15 is 0 Å². The van der Waals surface area contributed by atoms with E-state index < -0.39 is 0 Å². The lowest BCUT2D eigenvalue weighted by molar-refractivity contribution is -0.145. The highest BCUT2D eigenvalue weighted by Crippen LogP contribution is 2.47. The van der Waals surface area contributed by atoms with Crippen molar-refractivity contribution in [1.29, 1.82) is 0 Å². The van der Waals surface area contributed by atoms with E-state index in [0.717, 1.165) is 29.7 Å². The fraction of sp³-hybridized carbons (Fsp3) is 0.600. The van der Waals surface area contributed by atoms with E-state index in [4.69, 9.17) is 9.47 Å². The zero-order valence-electron chi connectivity index (χ0n) is 15.9. The third-order valence-electron chi connectivity index (χ3n) is 5.20. The van der Waals surface area contributed by atoms with E-state index in [1.165, 1.54) is 0 Å². The predicted octanol–water partition coefficient (Wildman–Crippen LogP) is 1.78. The summed E-state index contributed by atoms with van der Waals surface area (Å²) in [6.07, 6.45) is 1.81. The molecule has 3 rings (SSSR count). The SMILES string of the molecule is COCC1(C(=O)N2CCN(C(=O)COc3cc(C)cc(C)c3)CC2)CC1. The predicted molar refractivity (Wildman–Crippen MR) is 98.1 cm³/mol. The Morgan fingerprint density at radius 2 is 1.58 bits per heavy atom. The number of ether oxygens (including phenoxy) is 2. The van der Waals surface area contributed by atoms with Crippen molar-refractivity contribution in [3.05, 3.63) is 29.3 Å². The molecule has 142 valence electrons. The first kappa shape index (κ1) is 18.7. The summed E-state index contributed by atoms with van der Waals surface area (Å²) in [6.45, 7) is 6.83. The molecule has 6 heteroatoms. The first-order chi connectivity index (χ1) is 12.4.